The summed E-state index contributed by atoms with van der Waals surface area (Å²) in [6, 6.07) is 16.4. The number of likely N-dealkylation sites (N-methyl/N-ethyl adjacent to an activating group) is 1. The fraction of sp³-hybridized carbons (Fsp3) is 0.333. The first-order valence-electron chi connectivity index (χ1n) is 10.4. The van der Waals surface area contributed by atoms with E-state index in [-0.39, 0.29) is 24.0 Å². The number of benzene rings is 2. The van der Waals surface area contributed by atoms with E-state index in [1.807, 2.05) is 36.1 Å². The van der Waals surface area contributed by atoms with E-state index in [1.165, 1.54) is 11.1 Å². The molecule has 3 rings (SSSR count). The van der Waals surface area contributed by atoms with E-state index in [1.54, 1.807) is 20.4 Å². The SMILES string of the molecule is CN=C(NCCc1ccc(-n2cccn2)cc1)N(C)CCc1ccc(OC)c(OC)c1.I. The van der Waals surface area contributed by atoms with Crippen molar-refractivity contribution in [1.29, 1.82) is 0 Å². The number of nitrogens with zero attached hydrogens (tertiary/aromatic N) is 4. The number of aliphatic imine (C=N–C) groups is 1. The lowest BCUT2D eigenvalue weighted by atomic mass is 10.1. The van der Waals surface area contributed by atoms with Crippen molar-refractivity contribution in [3.05, 3.63) is 72.1 Å². The van der Waals surface area contributed by atoms with Crippen LogP contribution in [0.1, 0.15) is 11.1 Å². The molecule has 0 atom stereocenters. The van der Waals surface area contributed by atoms with Gasteiger partial charge in [-0.05, 0) is 54.3 Å². The molecule has 1 heterocycles. The molecule has 0 bridgehead atoms. The molecule has 0 radical (unpaired) electrons. The number of aromatic nitrogens is 2. The first kappa shape index (κ1) is 25.5. The Morgan fingerprint density at radius 3 is 2.38 bits per heavy atom. The first-order chi connectivity index (χ1) is 15.1. The summed E-state index contributed by atoms with van der Waals surface area (Å²) in [5, 5.41) is 7.71. The Morgan fingerprint density at radius 2 is 1.75 bits per heavy atom. The Morgan fingerprint density at radius 1 is 1.03 bits per heavy atom. The summed E-state index contributed by atoms with van der Waals surface area (Å²) >= 11 is 0. The van der Waals surface area contributed by atoms with Crippen LogP contribution in [0.5, 0.6) is 11.5 Å². The molecule has 7 nitrogen and oxygen atoms in total. The van der Waals surface area contributed by atoms with Crippen molar-refractivity contribution < 1.29 is 9.47 Å². The zero-order chi connectivity index (χ0) is 22.1. The Balaban J connectivity index is 0.00000363. The monoisotopic (exact) mass is 549 g/mol. The third-order valence-corrected chi connectivity index (χ3v) is 5.16. The minimum Gasteiger partial charge on any atom is -0.493 e. The Hall–Kier alpha value is -2.75. The maximum absolute atomic E-state index is 5.40. The van der Waals surface area contributed by atoms with Crippen LogP contribution in [0, 0.1) is 0 Å². The molecule has 8 heteroatoms. The zero-order valence-corrected chi connectivity index (χ0v) is 21.4. The highest BCUT2D eigenvalue weighted by Gasteiger charge is 2.08. The Kier molecular flexibility index (Phi) is 10.3. The minimum absolute atomic E-state index is 0. The second-order valence-electron chi connectivity index (χ2n) is 7.20. The molecule has 0 aliphatic rings. The van der Waals surface area contributed by atoms with Crippen LogP contribution in [-0.4, -0.2) is 62.0 Å². The van der Waals surface area contributed by atoms with Crippen LogP contribution in [0.3, 0.4) is 0 Å². The highest BCUT2D eigenvalue weighted by Crippen LogP contribution is 2.27. The third kappa shape index (κ3) is 6.88. The molecule has 2 aromatic carbocycles. The quantitative estimate of drug-likeness (QED) is 0.250. The van der Waals surface area contributed by atoms with Crippen LogP contribution < -0.4 is 14.8 Å². The van der Waals surface area contributed by atoms with Gasteiger partial charge in [-0.2, -0.15) is 5.10 Å². The van der Waals surface area contributed by atoms with Crippen LogP contribution in [0.2, 0.25) is 0 Å². The number of hydrogen-bond acceptors (Lipinski definition) is 4. The van der Waals surface area contributed by atoms with Gasteiger partial charge in [-0.1, -0.05) is 18.2 Å². The molecular formula is C24H32IN5O2. The fourth-order valence-corrected chi connectivity index (χ4v) is 3.38. The highest BCUT2D eigenvalue weighted by molar-refractivity contribution is 14.0. The first-order valence-corrected chi connectivity index (χ1v) is 10.4. The number of nitrogens with one attached hydrogen (secondary N) is 1. The van der Waals surface area contributed by atoms with Gasteiger partial charge in [0.1, 0.15) is 0 Å². The molecule has 1 N–H and O–H groups in total. The van der Waals surface area contributed by atoms with Gasteiger partial charge in [-0.3, -0.25) is 4.99 Å². The molecule has 0 aliphatic heterocycles. The van der Waals surface area contributed by atoms with Gasteiger partial charge in [-0.15, -0.1) is 24.0 Å². The van der Waals surface area contributed by atoms with Gasteiger partial charge < -0.3 is 19.7 Å². The van der Waals surface area contributed by atoms with Gasteiger partial charge in [0, 0.05) is 39.6 Å². The summed E-state index contributed by atoms with van der Waals surface area (Å²) in [7, 11) is 7.17. The lowest BCUT2D eigenvalue weighted by Crippen LogP contribution is -2.40. The Bertz CT molecular complexity index is 975. The van der Waals surface area contributed by atoms with Crippen molar-refractivity contribution >= 4 is 29.9 Å². The van der Waals surface area contributed by atoms with Crippen LogP contribution in [0.25, 0.3) is 5.69 Å². The van der Waals surface area contributed by atoms with Crippen LogP contribution in [0.15, 0.2) is 65.9 Å². The summed E-state index contributed by atoms with van der Waals surface area (Å²) < 4.78 is 12.6. The van der Waals surface area contributed by atoms with Crippen molar-refractivity contribution in [2.24, 2.45) is 4.99 Å². The van der Waals surface area contributed by atoms with Crippen molar-refractivity contribution in [2.75, 3.05) is 41.4 Å². The molecule has 0 saturated heterocycles. The predicted octanol–water partition coefficient (Wildman–Crippen LogP) is 3.80. The Labute approximate surface area is 207 Å². The third-order valence-electron chi connectivity index (χ3n) is 5.16. The van der Waals surface area contributed by atoms with E-state index in [0.717, 1.165) is 49.1 Å². The topological polar surface area (TPSA) is 63.9 Å². The van der Waals surface area contributed by atoms with Crippen molar-refractivity contribution in [2.45, 2.75) is 12.8 Å². The maximum atomic E-state index is 5.40. The zero-order valence-electron chi connectivity index (χ0n) is 19.1. The van der Waals surface area contributed by atoms with Crippen molar-refractivity contribution in [3.63, 3.8) is 0 Å². The smallest absolute Gasteiger partial charge is 0.193 e. The molecular weight excluding hydrogens is 517 g/mol. The molecule has 0 saturated carbocycles. The lowest BCUT2D eigenvalue weighted by Gasteiger charge is -2.22. The van der Waals surface area contributed by atoms with Gasteiger partial charge in [0.2, 0.25) is 0 Å². The normalized spacial score (nSPS) is 10.9. The van der Waals surface area contributed by atoms with E-state index in [0.29, 0.717) is 0 Å². The van der Waals surface area contributed by atoms with Gasteiger partial charge in [0.15, 0.2) is 17.5 Å². The lowest BCUT2D eigenvalue weighted by molar-refractivity contribution is 0.354. The molecule has 0 aliphatic carbocycles. The predicted molar refractivity (Wildman–Crippen MR) is 140 cm³/mol. The van der Waals surface area contributed by atoms with Crippen LogP contribution in [0.4, 0.5) is 0 Å². The maximum Gasteiger partial charge on any atom is 0.193 e. The molecule has 3 aromatic rings. The average molecular weight is 549 g/mol. The molecule has 1 aromatic heterocycles. The second-order valence-corrected chi connectivity index (χ2v) is 7.20. The number of methoxy groups -OCH3 is 2. The largest absolute Gasteiger partial charge is 0.493 e. The highest BCUT2D eigenvalue weighted by atomic mass is 127. The minimum atomic E-state index is 0. The number of ether oxygens (including phenoxy) is 2. The van der Waals surface area contributed by atoms with E-state index < -0.39 is 0 Å². The van der Waals surface area contributed by atoms with Crippen molar-refractivity contribution in [3.8, 4) is 17.2 Å². The van der Waals surface area contributed by atoms with Gasteiger partial charge in [0.25, 0.3) is 0 Å². The number of rotatable bonds is 9. The van der Waals surface area contributed by atoms with Crippen LogP contribution in [-0.2, 0) is 12.8 Å². The van der Waals surface area contributed by atoms with Crippen LogP contribution >= 0.6 is 24.0 Å². The van der Waals surface area contributed by atoms with E-state index >= 15 is 0 Å². The molecule has 0 amide bonds. The summed E-state index contributed by atoms with van der Waals surface area (Å²) in [6.45, 7) is 1.65. The second kappa shape index (κ2) is 12.9. The molecule has 0 unspecified atom stereocenters. The van der Waals surface area contributed by atoms with Gasteiger partial charge in [0.05, 0.1) is 19.9 Å². The summed E-state index contributed by atoms with van der Waals surface area (Å²) in [5.74, 6) is 2.38. The molecule has 172 valence electrons. The standard InChI is InChI=1S/C24H31N5O2.HI/c1-25-24(28(2)17-13-20-8-11-22(30-3)23(18-20)31-4)26-15-12-19-6-9-21(10-7-19)29-16-5-14-27-29;/h5-11,14,16,18H,12-13,15,17H2,1-4H3,(H,25,26);1H. The number of hydrogen-bond donors (Lipinski definition) is 1. The van der Waals surface area contributed by atoms with E-state index in [9.17, 15) is 0 Å². The summed E-state index contributed by atoms with van der Waals surface area (Å²) in [5.41, 5.74) is 3.52. The fourth-order valence-electron chi connectivity index (χ4n) is 3.38. The van der Waals surface area contributed by atoms with Gasteiger partial charge in [-0.25, -0.2) is 4.68 Å². The van der Waals surface area contributed by atoms with E-state index in [4.69, 9.17) is 9.47 Å². The van der Waals surface area contributed by atoms with E-state index in [2.05, 4.69) is 57.7 Å². The van der Waals surface area contributed by atoms with Crippen molar-refractivity contribution in [1.82, 2.24) is 20.0 Å². The summed E-state index contributed by atoms with van der Waals surface area (Å²) in [6.07, 6.45) is 5.53. The average Bonchev–Trinajstić information content (AvgIpc) is 3.35. The number of halogens is 1. The van der Waals surface area contributed by atoms with Gasteiger partial charge >= 0.3 is 0 Å². The molecule has 0 spiro atoms. The summed E-state index contributed by atoms with van der Waals surface area (Å²) in [4.78, 5) is 6.55. The molecule has 0 fully saturated rings. The molecule has 32 heavy (non-hydrogen) atoms. The number of guanidine groups is 1.